The lowest BCUT2D eigenvalue weighted by Gasteiger charge is -2.19. The van der Waals surface area contributed by atoms with Gasteiger partial charge in [0, 0.05) is 44.4 Å². The third-order valence-electron chi connectivity index (χ3n) is 5.83. The van der Waals surface area contributed by atoms with Crippen LogP contribution in [0.3, 0.4) is 0 Å². The van der Waals surface area contributed by atoms with Gasteiger partial charge in [0.15, 0.2) is 0 Å². The van der Waals surface area contributed by atoms with Gasteiger partial charge in [0.25, 0.3) is 0 Å². The number of halogens is 3. The fourth-order valence-electron chi connectivity index (χ4n) is 4.28. The van der Waals surface area contributed by atoms with Crippen LogP contribution >= 0.6 is 0 Å². The van der Waals surface area contributed by atoms with E-state index in [1.165, 1.54) is 24.6 Å². The van der Waals surface area contributed by atoms with Crippen molar-refractivity contribution in [1.82, 2.24) is 24.1 Å². The summed E-state index contributed by atoms with van der Waals surface area (Å²) in [5, 5.41) is 2.60. The average molecular weight is 497 g/mol. The first-order valence-electron chi connectivity index (χ1n) is 11.2. The zero-order valence-electron chi connectivity index (χ0n) is 19.7. The maximum absolute atomic E-state index is 13.5. The van der Waals surface area contributed by atoms with Crippen molar-refractivity contribution in [1.29, 1.82) is 0 Å². The van der Waals surface area contributed by atoms with E-state index in [0.29, 0.717) is 53.2 Å². The number of nitrogens with zero attached hydrogens (tertiary/aromatic N) is 6. The highest BCUT2D eigenvalue weighted by atomic mass is 19.4. The van der Waals surface area contributed by atoms with Crippen molar-refractivity contribution in [2.75, 3.05) is 5.32 Å². The zero-order valence-corrected chi connectivity index (χ0v) is 19.7. The van der Waals surface area contributed by atoms with Crippen LogP contribution in [0.4, 0.5) is 24.9 Å². The number of hydrogen-bond donors (Lipinski definition) is 1. The standard InChI is InChI=1S/C24H22F3N7O2/c1-13-22(24(25,26)27)34-12-15(4-7-21(34)29-13)31-23-32-18-6-5-16(10-19(18)33(23)3)36-17-8-9-28-20(11-17)30-14(2)35/h5-6,8-11H,4,7,12H2,1-3H3,(H,28,30,35)/b31-15+. The molecule has 0 saturated carbocycles. The number of benzene rings is 1. The second-order valence-corrected chi connectivity index (χ2v) is 8.51. The van der Waals surface area contributed by atoms with Gasteiger partial charge in [-0.3, -0.25) is 4.79 Å². The Morgan fingerprint density at radius 2 is 1.92 bits per heavy atom. The molecule has 0 radical (unpaired) electrons. The molecule has 3 aromatic heterocycles. The van der Waals surface area contributed by atoms with Crippen LogP contribution in [0.2, 0.25) is 0 Å². The van der Waals surface area contributed by atoms with E-state index in [0.717, 1.165) is 5.52 Å². The molecule has 9 nitrogen and oxygen atoms in total. The Morgan fingerprint density at radius 3 is 2.67 bits per heavy atom. The molecule has 5 rings (SSSR count). The predicted molar refractivity (Wildman–Crippen MR) is 127 cm³/mol. The van der Waals surface area contributed by atoms with E-state index in [4.69, 9.17) is 4.74 Å². The largest absolute Gasteiger partial charge is 0.457 e. The number of hydrogen-bond acceptors (Lipinski definition) is 6. The van der Waals surface area contributed by atoms with E-state index in [-0.39, 0.29) is 18.1 Å². The average Bonchev–Trinajstić information content (AvgIpc) is 3.29. The van der Waals surface area contributed by atoms with Gasteiger partial charge >= 0.3 is 6.18 Å². The summed E-state index contributed by atoms with van der Waals surface area (Å²) in [5.74, 6) is 1.97. The summed E-state index contributed by atoms with van der Waals surface area (Å²) in [6.45, 7) is 2.79. The highest BCUT2D eigenvalue weighted by Crippen LogP contribution is 2.35. The van der Waals surface area contributed by atoms with E-state index >= 15 is 0 Å². The Bertz CT molecular complexity index is 1520. The number of aliphatic imine (C=N–C) groups is 1. The summed E-state index contributed by atoms with van der Waals surface area (Å²) in [5.41, 5.74) is 1.27. The minimum atomic E-state index is -4.48. The summed E-state index contributed by atoms with van der Waals surface area (Å²) >= 11 is 0. The van der Waals surface area contributed by atoms with Gasteiger partial charge in [-0.2, -0.15) is 13.2 Å². The van der Waals surface area contributed by atoms with Crippen molar-refractivity contribution >= 4 is 34.4 Å². The number of rotatable bonds is 4. The van der Waals surface area contributed by atoms with Crippen molar-refractivity contribution in [3.8, 4) is 11.5 Å². The smallest absolute Gasteiger partial charge is 0.433 e. The van der Waals surface area contributed by atoms with E-state index in [1.54, 1.807) is 41.9 Å². The Balaban J connectivity index is 1.42. The Labute approximate surface area is 203 Å². The van der Waals surface area contributed by atoms with Gasteiger partial charge in [-0.25, -0.2) is 19.9 Å². The molecule has 0 unspecified atom stereocenters. The van der Waals surface area contributed by atoms with E-state index in [9.17, 15) is 18.0 Å². The van der Waals surface area contributed by atoms with Crippen molar-refractivity contribution in [2.24, 2.45) is 12.0 Å². The van der Waals surface area contributed by atoms with E-state index in [2.05, 4.69) is 25.3 Å². The molecular formula is C24H22F3N7O2. The zero-order chi connectivity index (χ0) is 25.6. The van der Waals surface area contributed by atoms with Gasteiger partial charge in [-0.05, 0) is 31.5 Å². The number of aryl methyl sites for hydroxylation is 3. The molecule has 0 spiro atoms. The SMILES string of the molecule is CC(=O)Nc1cc(Oc2ccc3nc(/N=C4\CCc5nc(C)c(C(F)(F)F)n5C4)n(C)c3c2)ccn1. The second kappa shape index (κ2) is 8.77. The summed E-state index contributed by atoms with van der Waals surface area (Å²) in [4.78, 5) is 28.6. The summed E-state index contributed by atoms with van der Waals surface area (Å²) in [7, 11) is 1.79. The number of imidazole rings is 2. The van der Waals surface area contributed by atoms with Gasteiger partial charge in [0.05, 0.1) is 23.3 Å². The molecule has 4 heterocycles. The quantitative estimate of drug-likeness (QED) is 0.430. The molecule has 0 saturated heterocycles. The van der Waals surface area contributed by atoms with E-state index < -0.39 is 11.9 Å². The fourth-order valence-corrected chi connectivity index (χ4v) is 4.28. The number of anilines is 1. The minimum absolute atomic E-state index is 0.0151. The Kier molecular flexibility index (Phi) is 5.73. The van der Waals surface area contributed by atoms with Crippen molar-refractivity contribution in [3.05, 3.63) is 53.7 Å². The van der Waals surface area contributed by atoms with Crippen LogP contribution in [0.25, 0.3) is 11.0 Å². The number of carbonyl (C=O) groups excluding carboxylic acids is 1. The maximum atomic E-state index is 13.5. The second-order valence-electron chi connectivity index (χ2n) is 8.51. The third kappa shape index (κ3) is 4.53. The molecule has 1 aliphatic heterocycles. The molecule has 0 fully saturated rings. The molecule has 0 atom stereocenters. The molecular weight excluding hydrogens is 475 g/mol. The Hall–Kier alpha value is -4.22. The lowest BCUT2D eigenvalue weighted by Crippen LogP contribution is -2.25. The lowest BCUT2D eigenvalue weighted by atomic mass is 10.1. The summed E-state index contributed by atoms with van der Waals surface area (Å²) in [6, 6.07) is 8.60. The van der Waals surface area contributed by atoms with Crippen molar-refractivity contribution in [2.45, 2.75) is 39.4 Å². The highest BCUT2D eigenvalue weighted by molar-refractivity contribution is 5.89. The lowest BCUT2D eigenvalue weighted by molar-refractivity contribution is -0.143. The van der Waals surface area contributed by atoms with Crippen LogP contribution in [-0.4, -0.2) is 35.7 Å². The molecule has 1 aromatic carbocycles. The first-order chi connectivity index (χ1) is 17.1. The van der Waals surface area contributed by atoms with Crippen LogP contribution in [0, 0.1) is 6.92 Å². The third-order valence-corrected chi connectivity index (χ3v) is 5.83. The van der Waals surface area contributed by atoms with Gasteiger partial charge in [-0.1, -0.05) is 0 Å². The summed E-state index contributed by atoms with van der Waals surface area (Å²) < 4.78 is 49.5. The number of nitrogens with one attached hydrogen (secondary N) is 1. The number of aromatic nitrogens is 5. The van der Waals surface area contributed by atoms with Crippen molar-refractivity contribution < 1.29 is 22.7 Å². The Morgan fingerprint density at radius 1 is 1.14 bits per heavy atom. The molecule has 0 bridgehead atoms. The van der Waals surface area contributed by atoms with Crippen LogP contribution in [-0.2, 0) is 31.0 Å². The fraction of sp³-hybridized carbons (Fsp3) is 0.292. The number of pyridine rings is 1. The number of carbonyl (C=O) groups is 1. The normalized spacial score (nSPS) is 14.8. The van der Waals surface area contributed by atoms with Gasteiger partial charge < -0.3 is 19.2 Å². The minimum Gasteiger partial charge on any atom is -0.457 e. The number of amides is 1. The monoisotopic (exact) mass is 497 g/mol. The van der Waals surface area contributed by atoms with Gasteiger partial charge in [0.2, 0.25) is 11.9 Å². The van der Waals surface area contributed by atoms with Crippen LogP contribution in [0.5, 0.6) is 11.5 Å². The molecule has 1 N–H and O–H groups in total. The van der Waals surface area contributed by atoms with Crippen LogP contribution in [0.1, 0.15) is 30.6 Å². The maximum Gasteiger partial charge on any atom is 0.433 e. The molecule has 36 heavy (non-hydrogen) atoms. The van der Waals surface area contributed by atoms with Crippen molar-refractivity contribution in [3.63, 3.8) is 0 Å². The van der Waals surface area contributed by atoms with Gasteiger partial charge in [0.1, 0.15) is 28.8 Å². The number of ether oxygens (including phenoxy) is 1. The first kappa shape index (κ1) is 23.5. The molecule has 186 valence electrons. The predicted octanol–water partition coefficient (Wildman–Crippen LogP) is 4.96. The highest BCUT2D eigenvalue weighted by Gasteiger charge is 2.39. The van der Waals surface area contributed by atoms with Crippen LogP contribution < -0.4 is 10.1 Å². The molecule has 0 aliphatic carbocycles. The molecule has 1 amide bonds. The van der Waals surface area contributed by atoms with Gasteiger partial charge in [-0.15, -0.1) is 0 Å². The topological polar surface area (TPSA) is 99.2 Å². The molecule has 12 heteroatoms. The van der Waals surface area contributed by atoms with E-state index in [1.807, 2.05) is 0 Å². The molecule has 1 aliphatic rings. The molecule has 4 aromatic rings. The number of fused-ring (bicyclic) bond motifs is 2. The van der Waals surface area contributed by atoms with Crippen LogP contribution in [0.15, 0.2) is 41.5 Å². The number of alkyl halides is 3. The summed E-state index contributed by atoms with van der Waals surface area (Å²) in [6.07, 6.45) is -2.07. The first-order valence-corrected chi connectivity index (χ1v) is 11.2.